The van der Waals surface area contributed by atoms with Gasteiger partial charge in [-0.25, -0.2) is 8.42 Å². The number of nitrogens with zero attached hydrogens (tertiary/aromatic N) is 1. The maximum absolute atomic E-state index is 13.2. The summed E-state index contributed by atoms with van der Waals surface area (Å²) in [5.41, 5.74) is 0.453. The highest BCUT2D eigenvalue weighted by atomic mass is 32.2. The summed E-state index contributed by atoms with van der Waals surface area (Å²) >= 11 is 0. The zero-order valence-electron chi connectivity index (χ0n) is 14.8. The van der Waals surface area contributed by atoms with Gasteiger partial charge >= 0.3 is 0 Å². The predicted molar refractivity (Wildman–Crippen MR) is 101 cm³/mol. The number of hydrogen-bond donors (Lipinski definition) is 0. The van der Waals surface area contributed by atoms with Crippen LogP contribution in [0.2, 0.25) is 0 Å². The molecule has 2 aromatic carbocycles. The van der Waals surface area contributed by atoms with Gasteiger partial charge in [-0.05, 0) is 37.1 Å². The van der Waals surface area contributed by atoms with Crippen LogP contribution in [0, 0.1) is 0 Å². The third-order valence-electron chi connectivity index (χ3n) is 4.46. The Morgan fingerprint density at radius 3 is 2.46 bits per heavy atom. The first kappa shape index (κ1) is 18.5. The zero-order chi connectivity index (χ0) is 18.6. The van der Waals surface area contributed by atoms with Crippen molar-refractivity contribution in [1.82, 2.24) is 4.90 Å². The highest BCUT2D eigenvalue weighted by molar-refractivity contribution is 7.91. The zero-order valence-corrected chi connectivity index (χ0v) is 15.6. The van der Waals surface area contributed by atoms with Crippen molar-refractivity contribution in [1.29, 1.82) is 0 Å². The van der Waals surface area contributed by atoms with E-state index in [4.69, 9.17) is 4.74 Å². The lowest BCUT2D eigenvalue weighted by atomic mass is 10.1. The number of rotatable bonds is 6. The molecule has 0 spiro atoms. The molecule has 0 bridgehead atoms. The molecule has 1 amide bonds. The van der Waals surface area contributed by atoms with Gasteiger partial charge in [-0.15, -0.1) is 0 Å². The molecule has 26 heavy (non-hydrogen) atoms. The van der Waals surface area contributed by atoms with Crippen molar-refractivity contribution >= 4 is 15.7 Å². The molecule has 5 nitrogen and oxygen atoms in total. The number of ether oxygens (including phenoxy) is 1. The Morgan fingerprint density at radius 1 is 1.12 bits per heavy atom. The number of benzene rings is 2. The number of carbonyl (C=O) groups is 1. The van der Waals surface area contributed by atoms with E-state index in [1.54, 1.807) is 23.1 Å². The third kappa shape index (κ3) is 4.25. The summed E-state index contributed by atoms with van der Waals surface area (Å²) in [5.74, 6) is 1.14. The van der Waals surface area contributed by atoms with Gasteiger partial charge in [0, 0.05) is 12.6 Å². The summed E-state index contributed by atoms with van der Waals surface area (Å²) < 4.78 is 29.6. The molecule has 1 aliphatic heterocycles. The number of amides is 1. The second-order valence-electron chi connectivity index (χ2n) is 6.47. The van der Waals surface area contributed by atoms with Crippen LogP contribution in [-0.4, -0.2) is 43.3 Å². The molecule has 0 saturated carbocycles. The van der Waals surface area contributed by atoms with Crippen molar-refractivity contribution in [3.63, 3.8) is 0 Å². The Balaban J connectivity index is 1.88. The summed E-state index contributed by atoms with van der Waals surface area (Å²) in [5, 5.41) is 0. The molecular formula is C20H23NO4S. The Labute approximate surface area is 154 Å². The third-order valence-corrected chi connectivity index (χ3v) is 6.21. The molecule has 1 heterocycles. The average Bonchev–Trinajstić information content (AvgIpc) is 3.00. The molecule has 1 aliphatic rings. The molecule has 3 rings (SSSR count). The quantitative estimate of drug-likeness (QED) is 0.777. The SMILES string of the molecule is CCCN(C(=O)c1ccccc1Oc1ccccc1)C1CCS(=O)(=O)C1. The maximum Gasteiger partial charge on any atom is 0.257 e. The van der Waals surface area contributed by atoms with Crippen molar-refractivity contribution in [2.75, 3.05) is 18.1 Å². The van der Waals surface area contributed by atoms with Crippen molar-refractivity contribution in [2.45, 2.75) is 25.8 Å². The molecular weight excluding hydrogens is 350 g/mol. The number of carbonyl (C=O) groups excluding carboxylic acids is 1. The van der Waals surface area contributed by atoms with Crippen LogP contribution in [0.4, 0.5) is 0 Å². The first-order valence-corrected chi connectivity index (χ1v) is 10.7. The van der Waals surface area contributed by atoms with Gasteiger partial charge < -0.3 is 9.64 Å². The van der Waals surface area contributed by atoms with Gasteiger partial charge in [-0.1, -0.05) is 37.3 Å². The lowest BCUT2D eigenvalue weighted by Gasteiger charge is -2.28. The van der Waals surface area contributed by atoms with E-state index >= 15 is 0 Å². The van der Waals surface area contributed by atoms with Gasteiger partial charge in [0.25, 0.3) is 5.91 Å². The maximum atomic E-state index is 13.2. The highest BCUT2D eigenvalue weighted by Gasteiger charge is 2.35. The second-order valence-corrected chi connectivity index (χ2v) is 8.70. The van der Waals surface area contributed by atoms with Gasteiger partial charge in [0.15, 0.2) is 9.84 Å². The standard InChI is InChI=1S/C20H23NO4S/c1-2-13-21(16-12-14-26(23,24)15-16)20(22)18-10-6-7-11-19(18)25-17-8-4-3-5-9-17/h3-11,16H,2,12-15H2,1H3. The van der Waals surface area contributed by atoms with Gasteiger partial charge in [-0.2, -0.15) is 0 Å². The van der Waals surface area contributed by atoms with Crippen LogP contribution in [0.15, 0.2) is 54.6 Å². The van der Waals surface area contributed by atoms with Crippen LogP contribution in [0.5, 0.6) is 11.5 Å². The number of para-hydroxylation sites is 2. The minimum absolute atomic E-state index is 0.0421. The van der Waals surface area contributed by atoms with Crippen LogP contribution >= 0.6 is 0 Å². The normalized spacial score (nSPS) is 18.4. The van der Waals surface area contributed by atoms with E-state index < -0.39 is 9.84 Å². The van der Waals surface area contributed by atoms with Gasteiger partial charge in [0.2, 0.25) is 0 Å². The summed E-state index contributed by atoms with van der Waals surface area (Å²) in [6.45, 7) is 2.51. The molecule has 1 fully saturated rings. The van der Waals surface area contributed by atoms with E-state index in [9.17, 15) is 13.2 Å². The fourth-order valence-corrected chi connectivity index (χ4v) is 4.95. The minimum atomic E-state index is -3.06. The lowest BCUT2D eigenvalue weighted by Crippen LogP contribution is -2.41. The Bertz CT molecular complexity index is 864. The molecule has 1 unspecified atom stereocenters. The van der Waals surface area contributed by atoms with Crippen LogP contribution < -0.4 is 4.74 Å². The van der Waals surface area contributed by atoms with E-state index in [1.165, 1.54) is 0 Å². The molecule has 0 N–H and O–H groups in total. The van der Waals surface area contributed by atoms with Gasteiger partial charge in [0.1, 0.15) is 11.5 Å². The van der Waals surface area contributed by atoms with E-state index in [-0.39, 0.29) is 23.5 Å². The van der Waals surface area contributed by atoms with Crippen molar-refractivity contribution in [2.24, 2.45) is 0 Å². The Morgan fingerprint density at radius 2 is 1.81 bits per heavy atom. The highest BCUT2D eigenvalue weighted by Crippen LogP contribution is 2.28. The van der Waals surface area contributed by atoms with Crippen LogP contribution in [0.3, 0.4) is 0 Å². The van der Waals surface area contributed by atoms with Crippen molar-refractivity contribution < 1.29 is 17.9 Å². The monoisotopic (exact) mass is 373 g/mol. The fraction of sp³-hybridized carbons (Fsp3) is 0.350. The minimum Gasteiger partial charge on any atom is -0.457 e. The molecule has 0 aliphatic carbocycles. The molecule has 138 valence electrons. The fourth-order valence-electron chi connectivity index (χ4n) is 3.21. The van der Waals surface area contributed by atoms with Crippen LogP contribution in [0.1, 0.15) is 30.1 Å². The molecule has 0 radical (unpaired) electrons. The molecule has 0 aromatic heterocycles. The first-order chi connectivity index (χ1) is 12.5. The van der Waals surface area contributed by atoms with Gasteiger partial charge in [0.05, 0.1) is 17.1 Å². The molecule has 1 saturated heterocycles. The first-order valence-electron chi connectivity index (χ1n) is 8.83. The van der Waals surface area contributed by atoms with E-state index in [0.29, 0.717) is 30.0 Å². The summed E-state index contributed by atoms with van der Waals surface area (Å²) in [6.07, 6.45) is 1.26. The molecule has 2 aromatic rings. The van der Waals surface area contributed by atoms with Crippen molar-refractivity contribution in [3.8, 4) is 11.5 Å². The largest absolute Gasteiger partial charge is 0.457 e. The Kier molecular flexibility index (Phi) is 5.61. The molecule has 6 heteroatoms. The summed E-state index contributed by atoms with van der Waals surface area (Å²) in [4.78, 5) is 14.9. The number of sulfone groups is 1. The van der Waals surface area contributed by atoms with Crippen LogP contribution in [-0.2, 0) is 9.84 Å². The van der Waals surface area contributed by atoms with E-state index in [2.05, 4.69) is 0 Å². The summed E-state index contributed by atoms with van der Waals surface area (Å²) in [7, 11) is -3.06. The second kappa shape index (κ2) is 7.91. The van der Waals surface area contributed by atoms with Gasteiger partial charge in [-0.3, -0.25) is 4.79 Å². The topological polar surface area (TPSA) is 63.7 Å². The molecule has 1 atom stereocenters. The van der Waals surface area contributed by atoms with E-state index in [0.717, 1.165) is 6.42 Å². The van der Waals surface area contributed by atoms with Crippen molar-refractivity contribution in [3.05, 3.63) is 60.2 Å². The van der Waals surface area contributed by atoms with Crippen LogP contribution in [0.25, 0.3) is 0 Å². The number of hydrogen-bond acceptors (Lipinski definition) is 4. The average molecular weight is 373 g/mol. The smallest absolute Gasteiger partial charge is 0.257 e. The summed E-state index contributed by atoms with van der Waals surface area (Å²) in [6, 6.07) is 16.1. The lowest BCUT2D eigenvalue weighted by molar-refractivity contribution is 0.0694. The predicted octanol–water partition coefficient (Wildman–Crippen LogP) is 3.52. The van der Waals surface area contributed by atoms with E-state index in [1.807, 2.05) is 43.3 Å². The Hall–Kier alpha value is -2.34.